The second-order valence-corrected chi connectivity index (χ2v) is 21.2. The van der Waals surface area contributed by atoms with Gasteiger partial charge in [-0.25, -0.2) is 16.8 Å². The van der Waals surface area contributed by atoms with E-state index in [1.165, 1.54) is 12.1 Å². The molecule has 0 unspecified atom stereocenters. The quantitative estimate of drug-likeness (QED) is 0.0732. The van der Waals surface area contributed by atoms with Gasteiger partial charge in [-0.15, -0.1) is 22.7 Å². The maximum Gasteiger partial charge on any atom is 0.322 e. The number of nitrogens with one attached hydrogen (secondary N) is 3. The molecular formula is C42H56N4O10S4. The molecule has 6 rings (SSSR count). The number of nitrogens with zero attached hydrogens (tertiary/aromatic N) is 1. The third-order valence-corrected chi connectivity index (χ3v) is 16.4. The summed E-state index contributed by atoms with van der Waals surface area (Å²) >= 11 is 2.24. The number of piperidine rings is 2. The zero-order chi connectivity index (χ0) is 43.5. The molecule has 0 aliphatic carbocycles. The van der Waals surface area contributed by atoms with Gasteiger partial charge in [-0.3, -0.25) is 9.59 Å². The number of aliphatic carboxylic acids is 2. The molecule has 328 valence electrons. The summed E-state index contributed by atoms with van der Waals surface area (Å²) < 4.78 is 67.5. The maximum absolute atomic E-state index is 13.0. The van der Waals surface area contributed by atoms with Gasteiger partial charge in [-0.1, -0.05) is 13.8 Å². The van der Waals surface area contributed by atoms with Gasteiger partial charge in [0.25, 0.3) is 20.0 Å². The average molecular weight is 905 g/mol. The monoisotopic (exact) mass is 904 g/mol. The van der Waals surface area contributed by atoms with Crippen LogP contribution in [0, 0.1) is 17.8 Å². The topological polar surface area (TPSA) is 201 Å². The summed E-state index contributed by atoms with van der Waals surface area (Å²) in [5.41, 5.74) is 1.76. The van der Waals surface area contributed by atoms with Crippen LogP contribution in [0.15, 0.2) is 81.2 Å². The lowest BCUT2D eigenvalue weighted by molar-refractivity contribution is -0.141. The first-order valence-corrected chi connectivity index (χ1v) is 24.8. The van der Waals surface area contributed by atoms with Gasteiger partial charge in [0.2, 0.25) is 0 Å². The second kappa shape index (κ2) is 21.8. The molecule has 2 aromatic carbocycles. The standard InChI is InChI=1S/C23H32N2O5S2.C19H24N2O5S2/c1-4-30-19-7-5-17(6-8-19)20-9-10-21(31-20)32(28,29)24-22(23(26)27)18-11-13-25(14-12-18)15-16(2)3;1-2-26-15-5-3-13(4-6-15)16-7-8-17(27-16)28(24,25)21-18(19(22)23)14-9-11-20-12-10-14/h5-10,16,18,22,24H,4,11-15H2,1-3H3,(H,26,27);3-8,14,18,20-21H,2,9-12H2,1H3,(H,22,23)/t22-;18-/m11/s1. The van der Waals surface area contributed by atoms with Crippen LogP contribution in [-0.2, 0) is 29.6 Å². The SMILES string of the molecule is CCOc1ccc(-c2ccc(S(=O)(=O)N[C@@H](C(=O)O)C3CCN(CC(C)C)CC3)s2)cc1.CCOc1ccc(-c2ccc(S(=O)(=O)N[C@@H](C(=O)O)C3CCNCC3)s2)cc1. The summed E-state index contributed by atoms with van der Waals surface area (Å²) in [6.45, 7) is 13.2. The normalized spacial score (nSPS) is 16.8. The fourth-order valence-corrected chi connectivity index (χ4v) is 12.5. The van der Waals surface area contributed by atoms with Gasteiger partial charge in [0.05, 0.1) is 13.2 Å². The van der Waals surface area contributed by atoms with E-state index >= 15 is 0 Å². The highest BCUT2D eigenvalue weighted by atomic mass is 32.3. The number of carboxylic acids is 2. The summed E-state index contributed by atoms with van der Waals surface area (Å²) in [6.07, 6.45) is 2.57. The number of thiophene rings is 2. The number of carbonyl (C=O) groups is 2. The van der Waals surface area contributed by atoms with Crippen LogP contribution in [0.2, 0.25) is 0 Å². The van der Waals surface area contributed by atoms with E-state index in [4.69, 9.17) is 9.47 Å². The number of hydrogen-bond acceptors (Lipinski definition) is 12. The Morgan fingerprint density at radius 2 is 1.08 bits per heavy atom. The van der Waals surface area contributed by atoms with E-state index in [2.05, 4.69) is 33.5 Å². The Bertz CT molecular complexity index is 2210. The highest BCUT2D eigenvalue weighted by molar-refractivity contribution is 7.92. The first-order chi connectivity index (χ1) is 28.6. The lowest BCUT2D eigenvalue weighted by atomic mass is 9.89. The summed E-state index contributed by atoms with van der Waals surface area (Å²) in [6, 6.07) is 19.1. The molecule has 5 N–H and O–H groups in total. The van der Waals surface area contributed by atoms with Crippen LogP contribution < -0.4 is 24.2 Å². The summed E-state index contributed by atoms with van der Waals surface area (Å²) in [4.78, 5) is 27.5. The van der Waals surface area contributed by atoms with E-state index in [1.807, 2.05) is 62.4 Å². The molecule has 4 heterocycles. The molecule has 18 heteroatoms. The fourth-order valence-electron chi connectivity index (χ4n) is 7.31. The van der Waals surface area contributed by atoms with Crippen LogP contribution in [0.3, 0.4) is 0 Å². The Kier molecular flexibility index (Phi) is 17.1. The van der Waals surface area contributed by atoms with Crippen molar-refractivity contribution in [1.82, 2.24) is 19.7 Å². The third kappa shape index (κ3) is 13.1. The zero-order valence-electron chi connectivity index (χ0n) is 34.3. The van der Waals surface area contributed by atoms with Gasteiger partial charge >= 0.3 is 11.9 Å². The van der Waals surface area contributed by atoms with Gasteiger partial charge in [0.15, 0.2) is 0 Å². The molecule has 0 saturated carbocycles. The van der Waals surface area contributed by atoms with Crippen LogP contribution in [0.25, 0.3) is 20.9 Å². The van der Waals surface area contributed by atoms with Gasteiger partial charge in [0, 0.05) is 16.3 Å². The van der Waals surface area contributed by atoms with Crippen molar-refractivity contribution in [1.29, 1.82) is 0 Å². The van der Waals surface area contributed by atoms with Crippen LogP contribution in [0.4, 0.5) is 0 Å². The second-order valence-electron chi connectivity index (χ2n) is 15.1. The first-order valence-electron chi connectivity index (χ1n) is 20.2. The Balaban J connectivity index is 0.000000230. The average Bonchev–Trinajstić information content (AvgIpc) is 3.94. The van der Waals surface area contributed by atoms with Crippen molar-refractivity contribution in [3.63, 3.8) is 0 Å². The molecule has 4 aromatic rings. The Morgan fingerprint density at radius 3 is 1.45 bits per heavy atom. The van der Waals surface area contributed by atoms with Crippen LogP contribution in [0.1, 0.15) is 53.4 Å². The predicted molar refractivity (Wildman–Crippen MR) is 235 cm³/mol. The van der Waals surface area contributed by atoms with Gasteiger partial charge in [-0.05, 0) is 167 Å². The molecule has 0 spiro atoms. The van der Waals surface area contributed by atoms with Crippen molar-refractivity contribution in [2.45, 2.75) is 73.9 Å². The van der Waals surface area contributed by atoms with E-state index in [0.717, 1.165) is 74.7 Å². The molecule has 2 fully saturated rings. The summed E-state index contributed by atoms with van der Waals surface area (Å²) in [5, 5.41) is 22.4. The first kappa shape index (κ1) is 47.2. The molecule has 0 amide bonds. The molecule has 2 aliphatic rings. The minimum Gasteiger partial charge on any atom is -0.494 e. The molecule has 0 radical (unpaired) electrons. The van der Waals surface area contributed by atoms with Gasteiger partial charge in [-0.2, -0.15) is 9.44 Å². The van der Waals surface area contributed by atoms with Crippen molar-refractivity contribution >= 4 is 54.7 Å². The minimum absolute atomic E-state index is 0.108. The number of carboxylic acid groups (broad SMARTS) is 2. The smallest absolute Gasteiger partial charge is 0.322 e. The van der Waals surface area contributed by atoms with E-state index in [-0.39, 0.29) is 20.3 Å². The van der Waals surface area contributed by atoms with Crippen molar-refractivity contribution < 1.29 is 46.1 Å². The van der Waals surface area contributed by atoms with Crippen molar-refractivity contribution in [3.8, 4) is 32.4 Å². The lowest BCUT2D eigenvalue weighted by Crippen LogP contribution is -2.49. The van der Waals surface area contributed by atoms with Crippen molar-refractivity contribution in [3.05, 3.63) is 72.8 Å². The van der Waals surface area contributed by atoms with Gasteiger partial charge in [0.1, 0.15) is 32.0 Å². The van der Waals surface area contributed by atoms with Crippen LogP contribution in [-0.4, -0.2) is 102 Å². The summed E-state index contributed by atoms with van der Waals surface area (Å²) in [7, 11) is -7.86. The van der Waals surface area contributed by atoms with Crippen LogP contribution >= 0.6 is 22.7 Å². The number of sulfonamides is 2. The zero-order valence-corrected chi connectivity index (χ0v) is 37.6. The van der Waals surface area contributed by atoms with E-state index in [9.17, 15) is 36.6 Å². The number of benzene rings is 2. The van der Waals surface area contributed by atoms with E-state index in [1.54, 1.807) is 12.1 Å². The highest BCUT2D eigenvalue weighted by Crippen LogP contribution is 2.34. The Labute approximate surface area is 361 Å². The van der Waals surface area contributed by atoms with E-state index in [0.29, 0.717) is 57.9 Å². The maximum atomic E-state index is 13.0. The predicted octanol–water partition coefficient (Wildman–Crippen LogP) is 6.46. The molecule has 2 aromatic heterocycles. The highest BCUT2D eigenvalue weighted by Gasteiger charge is 2.36. The number of ether oxygens (including phenoxy) is 2. The Hall–Kier alpha value is -3.88. The number of hydrogen-bond donors (Lipinski definition) is 5. The summed E-state index contributed by atoms with van der Waals surface area (Å²) in [5.74, 6) is -0.661. The van der Waals surface area contributed by atoms with E-state index < -0.39 is 44.1 Å². The number of likely N-dealkylation sites (tertiary alicyclic amines) is 1. The molecule has 2 aliphatic heterocycles. The minimum atomic E-state index is -3.94. The Morgan fingerprint density at radius 1 is 0.683 bits per heavy atom. The third-order valence-electron chi connectivity index (χ3n) is 10.3. The number of rotatable bonds is 18. The van der Waals surface area contributed by atoms with Crippen LogP contribution in [0.5, 0.6) is 11.5 Å². The molecule has 0 bridgehead atoms. The molecule has 2 saturated heterocycles. The molecular weight excluding hydrogens is 849 g/mol. The molecule has 60 heavy (non-hydrogen) atoms. The van der Waals surface area contributed by atoms with Crippen molar-refractivity contribution in [2.24, 2.45) is 17.8 Å². The van der Waals surface area contributed by atoms with Gasteiger partial charge < -0.3 is 29.9 Å². The lowest BCUT2D eigenvalue weighted by Gasteiger charge is -2.35. The largest absolute Gasteiger partial charge is 0.494 e. The molecule has 14 nitrogen and oxygen atoms in total. The van der Waals surface area contributed by atoms with Crippen molar-refractivity contribution in [2.75, 3.05) is 45.9 Å². The fraction of sp³-hybridized carbons (Fsp3) is 0.476. The molecule has 2 atom stereocenters.